The van der Waals surface area contributed by atoms with Gasteiger partial charge in [0.15, 0.2) is 5.17 Å². The first-order chi connectivity index (χ1) is 14.0. The fourth-order valence-electron chi connectivity index (χ4n) is 3.47. The van der Waals surface area contributed by atoms with Crippen LogP contribution in [0.5, 0.6) is 0 Å². The molecule has 1 amide bonds. The van der Waals surface area contributed by atoms with E-state index >= 15 is 0 Å². The molecule has 6 nitrogen and oxygen atoms in total. The molecule has 1 fully saturated rings. The molecule has 0 aliphatic carbocycles. The van der Waals surface area contributed by atoms with Crippen molar-refractivity contribution >= 4 is 51.2 Å². The van der Waals surface area contributed by atoms with Crippen LogP contribution in [0.3, 0.4) is 0 Å². The highest BCUT2D eigenvalue weighted by Crippen LogP contribution is 2.29. The summed E-state index contributed by atoms with van der Waals surface area (Å²) in [6.45, 7) is 2.87. The Hall–Kier alpha value is -2.51. The number of aryl methyl sites for hydroxylation is 2. The van der Waals surface area contributed by atoms with Crippen LogP contribution in [-0.2, 0) is 18.4 Å². The molecule has 3 aromatic rings. The molecule has 2 heterocycles. The number of hydrogen-bond acceptors (Lipinski definition) is 4. The Bertz CT molecular complexity index is 1180. The number of aliphatic imine (C=N–C) groups is 1. The number of fused-ring (bicyclic) bond motifs is 1. The molecule has 0 atom stereocenters. The minimum absolute atomic E-state index is 0.0340. The van der Waals surface area contributed by atoms with Gasteiger partial charge in [0.1, 0.15) is 0 Å². The molecular weight excluding hydrogens is 408 g/mol. The molecule has 1 saturated heterocycles. The molecule has 0 saturated carbocycles. The van der Waals surface area contributed by atoms with Gasteiger partial charge in [-0.2, -0.15) is 0 Å². The van der Waals surface area contributed by atoms with Crippen molar-refractivity contribution < 1.29 is 4.79 Å². The van der Waals surface area contributed by atoms with E-state index < -0.39 is 0 Å². The standard InChI is InChI=1S/C21H21ClN4O2S/c1-14-15(22)6-5-7-16(14)23-20-26(12-13-29-20)19(27)10-11-25-18-9-4-3-8-17(18)24(2)21(25)28/h3-9H,10-13H2,1-2H3. The van der Waals surface area contributed by atoms with Crippen LogP contribution in [0.2, 0.25) is 5.02 Å². The van der Waals surface area contributed by atoms with E-state index in [2.05, 4.69) is 4.99 Å². The topological polar surface area (TPSA) is 59.6 Å². The first-order valence-electron chi connectivity index (χ1n) is 9.38. The number of thioether (sulfide) groups is 1. The van der Waals surface area contributed by atoms with Crippen LogP contribution in [0.25, 0.3) is 11.0 Å². The van der Waals surface area contributed by atoms with E-state index in [0.29, 0.717) is 23.3 Å². The van der Waals surface area contributed by atoms with Gasteiger partial charge in [0.2, 0.25) is 5.91 Å². The first-order valence-corrected chi connectivity index (χ1v) is 10.7. The number of halogens is 1. The summed E-state index contributed by atoms with van der Waals surface area (Å²) in [7, 11) is 1.75. The van der Waals surface area contributed by atoms with Crippen molar-refractivity contribution in [2.45, 2.75) is 19.9 Å². The van der Waals surface area contributed by atoms with Gasteiger partial charge in [0, 0.05) is 37.3 Å². The second-order valence-corrected chi connectivity index (χ2v) is 8.37. The second kappa shape index (κ2) is 8.08. The Labute approximate surface area is 177 Å². The molecule has 8 heteroatoms. The average Bonchev–Trinajstić information content (AvgIpc) is 3.28. The first kappa shape index (κ1) is 19.8. The summed E-state index contributed by atoms with van der Waals surface area (Å²) in [5, 5.41) is 1.34. The van der Waals surface area contributed by atoms with Gasteiger partial charge in [-0.3, -0.25) is 18.8 Å². The molecule has 2 aromatic carbocycles. The zero-order valence-corrected chi connectivity index (χ0v) is 17.8. The summed E-state index contributed by atoms with van der Waals surface area (Å²) in [5.74, 6) is 0.770. The normalized spacial score (nSPS) is 15.6. The second-order valence-electron chi connectivity index (χ2n) is 6.90. The molecule has 0 spiro atoms. The highest BCUT2D eigenvalue weighted by atomic mass is 35.5. The highest BCUT2D eigenvalue weighted by Gasteiger charge is 2.26. The smallest absolute Gasteiger partial charge is 0.295 e. The summed E-state index contributed by atoms with van der Waals surface area (Å²) < 4.78 is 3.27. The highest BCUT2D eigenvalue weighted by molar-refractivity contribution is 8.14. The Morgan fingerprint density at radius 1 is 1.17 bits per heavy atom. The van der Waals surface area contributed by atoms with Crippen molar-refractivity contribution in [2.24, 2.45) is 12.0 Å². The number of para-hydroxylation sites is 2. The summed E-state index contributed by atoms with van der Waals surface area (Å²) in [6, 6.07) is 13.2. The number of hydrogen-bond donors (Lipinski definition) is 0. The van der Waals surface area contributed by atoms with E-state index in [-0.39, 0.29) is 18.0 Å². The Morgan fingerprint density at radius 3 is 2.72 bits per heavy atom. The summed E-state index contributed by atoms with van der Waals surface area (Å²) in [4.78, 5) is 31.9. The lowest BCUT2D eigenvalue weighted by Crippen LogP contribution is -2.33. The van der Waals surface area contributed by atoms with Crippen LogP contribution in [0.1, 0.15) is 12.0 Å². The van der Waals surface area contributed by atoms with Crippen LogP contribution < -0.4 is 5.69 Å². The van der Waals surface area contributed by atoms with E-state index in [4.69, 9.17) is 11.6 Å². The summed E-state index contributed by atoms with van der Waals surface area (Å²) >= 11 is 7.75. The van der Waals surface area contributed by atoms with E-state index in [1.807, 2.05) is 49.4 Å². The van der Waals surface area contributed by atoms with Gasteiger partial charge in [0.05, 0.1) is 16.7 Å². The van der Waals surface area contributed by atoms with Crippen LogP contribution in [0, 0.1) is 6.92 Å². The Kier molecular flexibility index (Phi) is 5.52. The molecule has 1 aliphatic rings. The minimum Gasteiger partial charge on any atom is -0.295 e. The van der Waals surface area contributed by atoms with E-state index in [1.54, 1.807) is 32.8 Å². The van der Waals surface area contributed by atoms with E-state index in [1.165, 1.54) is 0 Å². The summed E-state index contributed by atoms with van der Waals surface area (Å²) in [5.41, 5.74) is 3.25. The summed E-state index contributed by atoms with van der Waals surface area (Å²) in [6.07, 6.45) is 0.238. The maximum absolute atomic E-state index is 12.9. The van der Waals surface area contributed by atoms with Crippen molar-refractivity contribution in [3.8, 4) is 0 Å². The number of imidazole rings is 1. The zero-order valence-electron chi connectivity index (χ0n) is 16.3. The maximum Gasteiger partial charge on any atom is 0.328 e. The van der Waals surface area contributed by atoms with Crippen LogP contribution in [0.4, 0.5) is 5.69 Å². The molecule has 1 aliphatic heterocycles. The maximum atomic E-state index is 12.9. The monoisotopic (exact) mass is 428 g/mol. The number of rotatable bonds is 4. The van der Waals surface area contributed by atoms with Crippen LogP contribution in [0.15, 0.2) is 52.3 Å². The molecule has 0 bridgehead atoms. The molecule has 150 valence electrons. The van der Waals surface area contributed by atoms with Crippen molar-refractivity contribution in [1.82, 2.24) is 14.0 Å². The van der Waals surface area contributed by atoms with Gasteiger partial charge in [-0.25, -0.2) is 9.79 Å². The fourth-order valence-corrected chi connectivity index (χ4v) is 4.61. The van der Waals surface area contributed by atoms with E-state index in [0.717, 1.165) is 28.0 Å². The third-order valence-electron chi connectivity index (χ3n) is 5.13. The SMILES string of the molecule is Cc1c(Cl)cccc1N=C1SCCN1C(=O)CCn1c(=O)n(C)c2ccccc21. The fraction of sp³-hybridized carbons (Fsp3) is 0.286. The number of carbonyl (C=O) groups excluding carboxylic acids is 1. The lowest BCUT2D eigenvalue weighted by Gasteiger charge is -2.16. The van der Waals surface area contributed by atoms with Gasteiger partial charge in [-0.1, -0.05) is 41.6 Å². The lowest BCUT2D eigenvalue weighted by atomic mass is 10.2. The number of amidine groups is 1. The number of amides is 1. The van der Waals surface area contributed by atoms with Gasteiger partial charge in [-0.05, 0) is 36.8 Å². The van der Waals surface area contributed by atoms with Gasteiger partial charge in [-0.15, -0.1) is 0 Å². The average molecular weight is 429 g/mol. The number of aromatic nitrogens is 2. The number of benzene rings is 2. The Morgan fingerprint density at radius 2 is 1.93 bits per heavy atom. The molecule has 0 N–H and O–H groups in total. The van der Waals surface area contributed by atoms with Gasteiger partial charge >= 0.3 is 5.69 Å². The molecule has 4 rings (SSSR count). The molecule has 1 aromatic heterocycles. The Balaban J connectivity index is 1.54. The predicted octanol–water partition coefficient (Wildman–Crippen LogP) is 3.96. The van der Waals surface area contributed by atoms with Crippen molar-refractivity contribution in [1.29, 1.82) is 0 Å². The minimum atomic E-state index is -0.113. The van der Waals surface area contributed by atoms with Crippen LogP contribution in [-0.4, -0.2) is 37.4 Å². The molecular formula is C21H21ClN4O2S. The van der Waals surface area contributed by atoms with E-state index in [9.17, 15) is 9.59 Å². The van der Waals surface area contributed by atoms with Crippen molar-refractivity contribution in [3.05, 3.63) is 63.5 Å². The van der Waals surface area contributed by atoms with Crippen LogP contribution >= 0.6 is 23.4 Å². The third kappa shape index (κ3) is 3.72. The predicted molar refractivity (Wildman–Crippen MR) is 119 cm³/mol. The largest absolute Gasteiger partial charge is 0.328 e. The quantitative estimate of drug-likeness (QED) is 0.632. The third-order valence-corrected chi connectivity index (χ3v) is 6.50. The molecule has 0 unspecified atom stereocenters. The van der Waals surface area contributed by atoms with Gasteiger partial charge in [0.25, 0.3) is 0 Å². The van der Waals surface area contributed by atoms with Gasteiger partial charge < -0.3 is 0 Å². The lowest BCUT2D eigenvalue weighted by molar-refractivity contribution is -0.127. The molecule has 0 radical (unpaired) electrons. The van der Waals surface area contributed by atoms with Crippen molar-refractivity contribution in [3.63, 3.8) is 0 Å². The number of carbonyl (C=O) groups is 1. The zero-order chi connectivity index (χ0) is 20.5. The van der Waals surface area contributed by atoms with Crippen molar-refractivity contribution in [2.75, 3.05) is 12.3 Å². The molecule has 29 heavy (non-hydrogen) atoms. The number of nitrogens with zero attached hydrogens (tertiary/aromatic N) is 4.